The van der Waals surface area contributed by atoms with Crippen LogP contribution in [0, 0.1) is 11.3 Å². The number of rotatable bonds is 4. The lowest BCUT2D eigenvalue weighted by atomic mass is 10.0. The number of thioether (sulfide) groups is 1. The number of anilines is 1. The van der Waals surface area contributed by atoms with E-state index in [-0.39, 0.29) is 5.91 Å². The summed E-state index contributed by atoms with van der Waals surface area (Å²) >= 11 is 3.00. The number of nitriles is 1. The van der Waals surface area contributed by atoms with Crippen LogP contribution in [0.15, 0.2) is 11.1 Å². The highest BCUT2D eigenvalue weighted by Gasteiger charge is 2.29. The first-order valence-electron chi connectivity index (χ1n) is 9.48. The Labute approximate surface area is 167 Å². The molecule has 0 bridgehead atoms. The summed E-state index contributed by atoms with van der Waals surface area (Å²) in [5.41, 5.74) is 2.84. The number of aromatic nitrogens is 2. The molecular weight excluding hydrogens is 376 g/mol. The zero-order valence-corrected chi connectivity index (χ0v) is 17.0. The minimum absolute atomic E-state index is 0.257. The monoisotopic (exact) mass is 398 g/mol. The SMILES string of the molecule is CSc1nc(C2CC2)cc(C(=O)Nc2nc3c(s2)CCCCCC3)c1C#N. The van der Waals surface area contributed by atoms with Crippen molar-refractivity contribution in [3.8, 4) is 6.07 Å². The minimum atomic E-state index is -0.257. The molecule has 2 aliphatic rings. The number of aryl methyl sites for hydroxylation is 2. The average molecular weight is 399 g/mol. The van der Waals surface area contributed by atoms with Crippen LogP contribution in [-0.2, 0) is 12.8 Å². The summed E-state index contributed by atoms with van der Waals surface area (Å²) in [6.45, 7) is 0. The second-order valence-corrected chi connectivity index (χ2v) is 9.00. The van der Waals surface area contributed by atoms with Gasteiger partial charge in [-0.25, -0.2) is 9.97 Å². The summed E-state index contributed by atoms with van der Waals surface area (Å²) in [5.74, 6) is 0.169. The number of pyridine rings is 1. The molecular formula is C20H22N4OS2. The quantitative estimate of drug-likeness (QED) is 0.740. The first kappa shape index (κ1) is 18.5. The van der Waals surface area contributed by atoms with Gasteiger partial charge in [0, 0.05) is 16.5 Å². The molecule has 4 rings (SSSR count). The van der Waals surface area contributed by atoms with Gasteiger partial charge in [-0.2, -0.15) is 5.26 Å². The Morgan fingerprint density at radius 3 is 2.74 bits per heavy atom. The lowest BCUT2D eigenvalue weighted by Gasteiger charge is -2.10. The molecule has 0 aromatic carbocycles. The van der Waals surface area contributed by atoms with Crippen LogP contribution in [0.2, 0.25) is 0 Å². The summed E-state index contributed by atoms with van der Waals surface area (Å²) in [7, 11) is 0. The van der Waals surface area contributed by atoms with E-state index in [1.807, 2.05) is 6.26 Å². The first-order chi connectivity index (χ1) is 13.2. The normalized spacial score (nSPS) is 16.7. The van der Waals surface area contributed by atoms with Crippen molar-refractivity contribution < 1.29 is 4.79 Å². The Kier molecular flexibility index (Phi) is 5.46. The lowest BCUT2D eigenvalue weighted by Crippen LogP contribution is -2.15. The largest absolute Gasteiger partial charge is 0.298 e. The molecule has 1 amide bonds. The second-order valence-electron chi connectivity index (χ2n) is 7.12. The summed E-state index contributed by atoms with van der Waals surface area (Å²) in [6.07, 6.45) is 11.0. The van der Waals surface area contributed by atoms with Crippen LogP contribution in [0.5, 0.6) is 0 Å². The molecule has 5 nitrogen and oxygen atoms in total. The standard InChI is InChI=1S/C20H22N4OS2/c1-26-19-14(11-21)13(10-16(22-19)12-8-9-12)18(25)24-20-23-15-6-4-2-3-5-7-17(15)27-20/h10,12H,2-9H2,1H3,(H,23,24,25). The lowest BCUT2D eigenvalue weighted by molar-refractivity contribution is 0.102. The molecule has 140 valence electrons. The Bertz CT molecular complexity index is 886. The molecule has 0 saturated heterocycles. The van der Waals surface area contributed by atoms with Gasteiger partial charge >= 0.3 is 0 Å². The van der Waals surface area contributed by atoms with Gasteiger partial charge in [-0.3, -0.25) is 10.1 Å². The van der Waals surface area contributed by atoms with Gasteiger partial charge < -0.3 is 0 Å². The van der Waals surface area contributed by atoms with Gasteiger partial charge in [0.25, 0.3) is 5.91 Å². The van der Waals surface area contributed by atoms with Crippen LogP contribution in [0.3, 0.4) is 0 Å². The number of carbonyl (C=O) groups excluding carboxylic acids is 1. The molecule has 0 radical (unpaired) electrons. The van der Waals surface area contributed by atoms with Crippen molar-refractivity contribution in [1.82, 2.24) is 9.97 Å². The number of hydrogen-bond acceptors (Lipinski definition) is 6. The fraction of sp³-hybridized carbons (Fsp3) is 0.500. The fourth-order valence-electron chi connectivity index (χ4n) is 3.49. The molecule has 1 N–H and O–H groups in total. The fourth-order valence-corrected chi connectivity index (χ4v) is 5.09. The molecule has 27 heavy (non-hydrogen) atoms. The third kappa shape index (κ3) is 4.02. The van der Waals surface area contributed by atoms with Crippen molar-refractivity contribution in [1.29, 1.82) is 5.26 Å². The highest BCUT2D eigenvalue weighted by atomic mass is 32.2. The molecule has 0 aliphatic heterocycles. The van der Waals surface area contributed by atoms with Crippen LogP contribution in [-0.4, -0.2) is 22.1 Å². The number of carbonyl (C=O) groups is 1. The molecule has 1 saturated carbocycles. The summed E-state index contributed by atoms with van der Waals surface area (Å²) in [5, 5.41) is 13.8. The van der Waals surface area contributed by atoms with Gasteiger partial charge in [-0.15, -0.1) is 23.1 Å². The van der Waals surface area contributed by atoms with E-state index in [4.69, 9.17) is 0 Å². The van der Waals surface area contributed by atoms with E-state index in [0.717, 1.165) is 43.5 Å². The van der Waals surface area contributed by atoms with Crippen LogP contribution in [0.1, 0.15) is 76.6 Å². The molecule has 2 aromatic rings. The van der Waals surface area contributed by atoms with E-state index in [9.17, 15) is 10.1 Å². The van der Waals surface area contributed by atoms with E-state index in [1.165, 1.54) is 35.9 Å². The molecule has 1 fully saturated rings. The van der Waals surface area contributed by atoms with E-state index in [1.54, 1.807) is 17.4 Å². The van der Waals surface area contributed by atoms with Crippen molar-refractivity contribution in [3.05, 3.63) is 33.5 Å². The molecule has 2 aromatic heterocycles. The van der Waals surface area contributed by atoms with Crippen molar-refractivity contribution in [2.24, 2.45) is 0 Å². The number of fused-ring (bicyclic) bond motifs is 1. The van der Waals surface area contributed by atoms with Crippen molar-refractivity contribution in [2.75, 3.05) is 11.6 Å². The maximum Gasteiger partial charge on any atom is 0.258 e. The van der Waals surface area contributed by atoms with Gasteiger partial charge in [0.05, 0.1) is 16.8 Å². The summed E-state index contributed by atoms with van der Waals surface area (Å²) in [6, 6.07) is 3.97. The molecule has 0 atom stereocenters. The maximum absolute atomic E-state index is 13.0. The third-order valence-corrected chi connectivity index (χ3v) is 6.87. The number of thiazole rings is 1. The van der Waals surface area contributed by atoms with Gasteiger partial charge in [-0.1, -0.05) is 12.8 Å². The van der Waals surface area contributed by atoms with Crippen molar-refractivity contribution in [3.63, 3.8) is 0 Å². The highest BCUT2D eigenvalue weighted by Crippen LogP contribution is 2.40. The Hall–Kier alpha value is -1.91. The Morgan fingerprint density at radius 1 is 1.26 bits per heavy atom. The van der Waals surface area contributed by atoms with E-state index in [0.29, 0.717) is 27.2 Å². The molecule has 0 spiro atoms. The van der Waals surface area contributed by atoms with Gasteiger partial charge in [0.1, 0.15) is 11.1 Å². The molecule has 0 unspecified atom stereocenters. The zero-order chi connectivity index (χ0) is 18.8. The Balaban J connectivity index is 1.62. The number of nitrogens with zero attached hydrogens (tertiary/aromatic N) is 3. The van der Waals surface area contributed by atoms with Crippen LogP contribution in [0.4, 0.5) is 5.13 Å². The number of nitrogens with one attached hydrogen (secondary N) is 1. The van der Waals surface area contributed by atoms with Gasteiger partial charge in [0.15, 0.2) is 5.13 Å². The number of hydrogen-bond donors (Lipinski definition) is 1. The molecule has 2 aliphatic carbocycles. The zero-order valence-electron chi connectivity index (χ0n) is 15.4. The van der Waals surface area contributed by atoms with Crippen molar-refractivity contribution >= 4 is 34.1 Å². The summed E-state index contributed by atoms with van der Waals surface area (Å²) in [4.78, 5) is 23.5. The van der Waals surface area contributed by atoms with E-state index in [2.05, 4.69) is 21.4 Å². The second kappa shape index (κ2) is 7.99. The van der Waals surface area contributed by atoms with Crippen LogP contribution < -0.4 is 5.32 Å². The van der Waals surface area contributed by atoms with Gasteiger partial charge in [0.2, 0.25) is 0 Å². The third-order valence-electron chi connectivity index (χ3n) is 5.12. The predicted molar refractivity (Wildman–Crippen MR) is 109 cm³/mol. The summed E-state index contributed by atoms with van der Waals surface area (Å²) < 4.78 is 0. The number of amides is 1. The average Bonchev–Trinajstić information content (AvgIpc) is 3.44. The minimum Gasteiger partial charge on any atom is -0.298 e. The van der Waals surface area contributed by atoms with Gasteiger partial charge in [-0.05, 0) is 50.8 Å². The van der Waals surface area contributed by atoms with Crippen LogP contribution >= 0.6 is 23.1 Å². The smallest absolute Gasteiger partial charge is 0.258 e. The molecule has 2 heterocycles. The molecule has 7 heteroatoms. The maximum atomic E-state index is 13.0. The van der Waals surface area contributed by atoms with E-state index >= 15 is 0 Å². The predicted octanol–water partition coefficient (Wildman–Crippen LogP) is 4.92. The van der Waals surface area contributed by atoms with Crippen molar-refractivity contribution in [2.45, 2.75) is 62.3 Å². The van der Waals surface area contributed by atoms with E-state index < -0.39 is 0 Å². The first-order valence-corrected chi connectivity index (χ1v) is 11.5. The highest BCUT2D eigenvalue weighted by molar-refractivity contribution is 7.98. The Morgan fingerprint density at radius 2 is 2.04 bits per heavy atom. The topological polar surface area (TPSA) is 78.7 Å². The van der Waals surface area contributed by atoms with Crippen LogP contribution in [0.25, 0.3) is 0 Å².